The van der Waals surface area contributed by atoms with Gasteiger partial charge in [-0.3, -0.25) is 0 Å². The number of hydrogen-bond donors (Lipinski definition) is 1. The summed E-state index contributed by atoms with van der Waals surface area (Å²) < 4.78 is 0. The monoisotopic (exact) mass is 220 g/mol. The first-order chi connectivity index (χ1) is 7.13. The summed E-state index contributed by atoms with van der Waals surface area (Å²) in [4.78, 5) is 2.07. The molecule has 0 aliphatic heterocycles. The highest BCUT2D eigenvalue weighted by Gasteiger charge is 2.32. The molecule has 1 atom stereocenters. The van der Waals surface area contributed by atoms with Gasteiger partial charge in [-0.1, -0.05) is 0 Å². The van der Waals surface area contributed by atoms with Crippen molar-refractivity contribution in [1.82, 2.24) is 5.32 Å². The maximum absolute atomic E-state index is 8.76. The molecule has 0 bridgehead atoms. The van der Waals surface area contributed by atoms with Gasteiger partial charge in [0.2, 0.25) is 0 Å². The van der Waals surface area contributed by atoms with Crippen molar-refractivity contribution in [3.05, 3.63) is 21.9 Å². The maximum Gasteiger partial charge on any atom is 0.110 e. The van der Waals surface area contributed by atoms with Gasteiger partial charge in [0.1, 0.15) is 10.9 Å². The number of nitrogens with one attached hydrogen (secondary N) is 1. The van der Waals surface area contributed by atoms with E-state index in [1.54, 1.807) is 11.3 Å². The van der Waals surface area contributed by atoms with Crippen LogP contribution in [-0.2, 0) is 0 Å². The van der Waals surface area contributed by atoms with Gasteiger partial charge in [0.25, 0.3) is 0 Å². The molecule has 1 aromatic rings. The molecule has 0 amide bonds. The third-order valence-corrected chi connectivity index (χ3v) is 4.36. The summed E-state index contributed by atoms with van der Waals surface area (Å²) in [6, 6.07) is 6.51. The fraction of sp³-hybridized carbons (Fsp3) is 0.583. The van der Waals surface area contributed by atoms with E-state index < -0.39 is 0 Å². The number of rotatable bonds is 3. The lowest BCUT2D eigenvalue weighted by Crippen LogP contribution is -2.48. The van der Waals surface area contributed by atoms with E-state index in [1.165, 1.54) is 24.1 Å². The Balaban J connectivity index is 2.01. The maximum atomic E-state index is 8.76. The number of hydrogen-bond acceptors (Lipinski definition) is 3. The lowest BCUT2D eigenvalue weighted by molar-refractivity contribution is 0.190. The molecule has 1 aliphatic rings. The van der Waals surface area contributed by atoms with Crippen molar-refractivity contribution in [2.45, 2.75) is 44.7 Å². The van der Waals surface area contributed by atoms with Crippen molar-refractivity contribution in [1.29, 1.82) is 5.26 Å². The van der Waals surface area contributed by atoms with E-state index in [4.69, 9.17) is 5.26 Å². The topological polar surface area (TPSA) is 35.8 Å². The summed E-state index contributed by atoms with van der Waals surface area (Å²) >= 11 is 1.59. The van der Waals surface area contributed by atoms with E-state index in [0.29, 0.717) is 11.6 Å². The van der Waals surface area contributed by atoms with Gasteiger partial charge in [0.15, 0.2) is 0 Å². The Morgan fingerprint density at radius 2 is 2.27 bits per heavy atom. The van der Waals surface area contributed by atoms with Gasteiger partial charge < -0.3 is 5.32 Å². The Bertz CT molecular complexity index is 385. The SMILES string of the molecule is CC(NC1(C)CCC1)c1ccc(C#N)s1. The number of nitriles is 1. The molecule has 0 spiro atoms. The van der Waals surface area contributed by atoms with Gasteiger partial charge in [0.05, 0.1) is 0 Å². The van der Waals surface area contributed by atoms with E-state index >= 15 is 0 Å². The van der Waals surface area contributed by atoms with E-state index in [2.05, 4.69) is 31.3 Å². The van der Waals surface area contributed by atoms with Gasteiger partial charge in [0, 0.05) is 16.5 Å². The lowest BCUT2D eigenvalue weighted by Gasteiger charge is -2.41. The average Bonchev–Trinajstić information content (AvgIpc) is 2.63. The smallest absolute Gasteiger partial charge is 0.110 e. The molecule has 1 unspecified atom stereocenters. The van der Waals surface area contributed by atoms with Crippen LogP contribution in [0.5, 0.6) is 0 Å². The van der Waals surface area contributed by atoms with Crippen LogP contribution in [0.1, 0.15) is 48.9 Å². The molecule has 1 fully saturated rings. The van der Waals surface area contributed by atoms with E-state index in [9.17, 15) is 0 Å². The highest BCUT2D eigenvalue weighted by atomic mass is 32.1. The Kier molecular flexibility index (Phi) is 2.81. The van der Waals surface area contributed by atoms with Crippen LogP contribution >= 0.6 is 11.3 Å². The van der Waals surface area contributed by atoms with Gasteiger partial charge in [-0.25, -0.2) is 0 Å². The first-order valence-corrected chi connectivity index (χ1v) is 6.22. The number of thiophene rings is 1. The van der Waals surface area contributed by atoms with E-state index in [-0.39, 0.29) is 0 Å². The molecule has 1 aliphatic carbocycles. The molecule has 3 heteroatoms. The first kappa shape index (κ1) is 10.7. The molecule has 15 heavy (non-hydrogen) atoms. The van der Waals surface area contributed by atoms with Crippen LogP contribution in [0.25, 0.3) is 0 Å². The Morgan fingerprint density at radius 1 is 1.53 bits per heavy atom. The minimum atomic E-state index is 0.330. The standard InChI is InChI=1S/C12H16N2S/c1-9(14-12(2)6-3-7-12)11-5-4-10(8-13)15-11/h4-5,9,14H,3,6-7H2,1-2H3. The molecule has 0 saturated heterocycles. The molecule has 2 nitrogen and oxygen atoms in total. The third kappa shape index (κ3) is 2.22. The van der Waals surface area contributed by atoms with Crippen LogP contribution in [0.2, 0.25) is 0 Å². The summed E-state index contributed by atoms with van der Waals surface area (Å²) in [6.45, 7) is 4.46. The Labute approximate surface area is 94.9 Å². The highest BCUT2D eigenvalue weighted by molar-refractivity contribution is 7.12. The van der Waals surface area contributed by atoms with Crippen molar-refractivity contribution in [3.8, 4) is 6.07 Å². The molecule has 1 saturated carbocycles. The second-order valence-corrected chi connectivity index (χ2v) is 5.71. The van der Waals surface area contributed by atoms with Gasteiger partial charge >= 0.3 is 0 Å². The lowest BCUT2D eigenvalue weighted by atomic mass is 9.78. The van der Waals surface area contributed by atoms with Crippen LogP contribution in [0.15, 0.2) is 12.1 Å². The van der Waals surface area contributed by atoms with Crippen molar-refractivity contribution < 1.29 is 0 Å². The Hall–Kier alpha value is -0.850. The molecule has 1 aromatic heterocycles. The quantitative estimate of drug-likeness (QED) is 0.849. The summed E-state index contributed by atoms with van der Waals surface area (Å²) in [5, 5.41) is 12.4. The van der Waals surface area contributed by atoms with Crippen LogP contribution in [0, 0.1) is 11.3 Å². The summed E-state index contributed by atoms with van der Waals surface area (Å²) in [5.41, 5.74) is 0.330. The fourth-order valence-electron chi connectivity index (χ4n) is 2.09. The van der Waals surface area contributed by atoms with E-state index in [0.717, 1.165) is 4.88 Å². The van der Waals surface area contributed by atoms with E-state index in [1.807, 2.05) is 6.07 Å². The average molecular weight is 220 g/mol. The molecular formula is C12H16N2S. The summed E-state index contributed by atoms with van der Waals surface area (Å²) in [7, 11) is 0. The van der Waals surface area contributed by atoms with Crippen molar-refractivity contribution in [2.75, 3.05) is 0 Å². The summed E-state index contributed by atoms with van der Waals surface area (Å²) in [5.74, 6) is 0. The second kappa shape index (κ2) is 3.96. The third-order valence-electron chi connectivity index (χ3n) is 3.19. The zero-order valence-corrected chi connectivity index (χ0v) is 10.0. The normalized spacial score (nSPS) is 20.3. The zero-order chi connectivity index (χ0) is 10.9. The van der Waals surface area contributed by atoms with Gasteiger partial charge in [-0.2, -0.15) is 5.26 Å². The molecule has 0 aromatic carbocycles. The van der Waals surface area contributed by atoms with Crippen molar-refractivity contribution >= 4 is 11.3 Å². The Morgan fingerprint density at radius 3 is 2.73 bits per heavy atom. The fourth-order valence-corrected chi connectivity index (χ4v) is 2.90. The molecule has 1 heterocycles. The van der Waals surface area contributed by atoms with Crippen molar-refractivity contribution in [3.63, 3.8) is 0 Å². The number of nitrogens with zero attached hydrogens (tertiary/aromatic N) is 1. The predicted molar refractivity (Wildman–Crippen MR) is 62.8 cm³/mol. The van der Waals surface area contributed by atoms with Crippen LogP contribution < -0.4 is 5.32 Å². The highest BCUT2D eigenvalue weighted by Crippen LogP contribution is 2.34. The van der Waals surface area contributed by atoms with Gasteiger partial charge in [-0.15, -0.1) is 11.3 Å². The molecule has 1 N–H and O–H groups in total. The largest absolute Gasteiger partial charge is 0.304 e. The first-order valence-electron chi connectivity index (χ1n) is 5.40. The van der Waals surface area contributed by atoms with Gasteiger partial charge in [-0.05, 0) is 45.2 Å². The summed E-state index contributed by atoms with van der Waals surface area (Å²) in [6.07, 6.45) is 3.88. The molecule has 80 valence electrons. The molecule has 2 rings (SSSR count). The van der Waals surface area contributed by atoms with Crippen molar-refractivity contribution in [2.24, 2.45) is 0 Å². The van der Waals surface area contributed by atoms with Crippen LogP contribution in [-0.4, -0.2) is 5.54 Å². The minimum Gasteiger partial charge on any atom is -0.304 e. The van der Waals surface area contributed by atoms with Crippen LogP contribution in [0.3, 0.4) is 0 Å². The molecule has 0 radical (unpaired) electrons. The second-order valence-electron chi connectivity index (χ2n) is 4.59. The van der Waals surface area contributed by atoms with Crippen LogP contribution in [0.4, 0.5) is 0 Å². The molecular weight excluding hydrogens is 204 g/mol. The zero-order valence-electron chi connectivity index (χ0n) is 9.21. The predicted octanol–water partition coefficient (Wildman–Crippen LogP) is 3.21. The minimum absolute atomic E-state index is 0.330.